The summed E-state index contributed by atoms with van der Waals surface area (Å²) in [5.41, 5.74) is 0.0621. The number of rotatable bonds is 3. The quantitative estimate of drug-likeness (QED) is 0.770. The lowest BCUT2D eigenvalue weighted by atomic mass is 10.3. The molecule has 0 saturated heterocycles. The molecule has 0 amide bonds. The van der Waals surface area contributed by atoms with Gasteiger partial charge >= 0.3 is 11.9 Å². The van der Waals surface area contributed by atoms with Gasteiger partial charge in [0.2, 0.25) is 0 Å². The van der Waals surface area contributed by atoms with Crippen molar-refractivity contribution >= 4 is 11.9 Å². The Morgan fingerprint density at radius 2 is 2.11 bits per heavy atom. The molecule has 2 aromatic heterocycles. The lowest BCUT2D eigenvalue weighted by molar-refractivity contribution is 0.0586. The number of esters is 1. The molecule has 92 valence electrons. The van der Waals surface area contributed by atoms with E-state index in [0.29, 0.717) is 5.82 Å². The van der Waals surface area contributed by atoms with E-state index in [2.05, 4.69) is 19.8 Å². The van der Waals surface area contributed by atoms with Crippen LogP contribution in [0.15, 0.2) is 24.7 Å². The molecule has 0 saturated carbocycles. The smallest absolute Gasteiger partial charge is 0.377 e. The average Bonchev–Trinajstić information content (AvgIpc) is 2.87. The van der Waals surface area contributed by atoms with Crippen LogP contribution in [0.2, 0.25) is 0 Å². The number of aromatic nitrogens is 4. The fourth-order valence-electron chi connectivity index (χ4n) is 1.21. The molecule has 2 rings (SSSR count). The number of aromatic carboxylic acids is 1. The molecule has 2 aromatic rings. The second-order valence-electron chi connectivity index (χ2n) is 3.21. The van der Waals surface area contributed by atoms with Crippen LogP contribution >= 0.6 is 0 Å². The molecule has 0 aromatic carbocycles. The number of carbonyl (C=O) groups excluding carboxylic acids is 1. The van der Waals surface area contributed by atoms with E-state index in [1.807, 2.05) is 0 Å². The van der Waals surface area contributed by atoms with Crippen LogP contribution in [-0.4, -0.2) is 43.9 Å². The third-order valence-electron chi connectivity index (χ3n) is 2.09. The predicted molar refractivity (Wildman–Crippen MR) is 57.5 cm³/mol. The minimum Gasteiger partial charge on any atom is -0.478 e. The van der Waals surface area contributed by atoms with Crippen LogP contribution in [0.4, 0.5) is 0 Å². The zero-order valence-corrected chi connectivity index (χ0v) is 9.27. The Hall–Kier alpha value is -2.77. The molecular weight excluding hydrogens is 240 g/mol. The predicted octanol–water partition coefficient (Wildman–Crippen LogP) is 0.147. The second-order valence-corrected chi connectivity index (χ2v) is 3.21. The average molecular weight is 248 g/mol. The Morgan fingerprint density at radius 1 is 1.33 bits per heavy atom. The molecule has 2 heterocycles. The van der Waals surface area contributed by atoms with Gasteiger partial charge in [-0.25, -0.2) is 24.2 Å². The first kappa shape index (κ1) is 11.7. The van der Waals surface area contributed by atoms with Gasteiger partial charge in [0.15, 0.2) is 5.82 Å². The number of carbonyl (C=O) groups is 2. The number of carboxylic acids is 1. The number of carboxylic acid groups (broad SMARTS) is 1. The summed E-state index contributed by atoms with van der Waals surface area (Å²) in [5, 5.41) is 12.6. The monoisotopic (exact) mass is 248 g/mol. The minimum absolute atomic E-state index is 0.0621. The van der Waals surface area contributed by atoms with Gasteiger partial charge in [-0.1, -0.05) is 0 Å². The van der Waals surface area contributed by atoms with Gasteiger partial charge in [0.25, 0.3) is 5.82 Å². The van der Waals surface area contributed by atoms with Gasteiger partial charge in [-0.3, -0.25) is 0 Å². The van der Waals surface area contributed by atoms with E-state index in [0.717, 1.165) is 0 Å². The third kappa shape index (κ3) is 2.17. The second kappa shape index (κ2) is 4.62. The van der Waals surface area contributed by atoms with Crippen molar-refractivity contribution in [1.82, 2.24) is 19.7 Å². The molecule has 1 N–H and O–H groups in total. The molecule has 18 heavy (non-hydrogen) atoms. The van der Waals surface area contributed by atoms with Gasteiger partial charge in [0.05, 0.1) is 12.7 Å². The molecular formula is C10H8N4O4. The third-order valence-corrected chi connectivity index (χ3v) is 2.09. The largest absolute Gasteiger partial charge is 0.478 e. The Bertz CT molecular complexity index is 590. The molecule has 0 atom stereocenters. The van der Waals surface area contributed by atoms with E-state index in [1.54, 1.807) is 0 Å². The van der Waals surface area contributed by atoms with E-state index in [9.17, 15) is 9.59 Å². The summed E-state index contributed by atoms with van der Waals surface area (Å²) in [5.74, 6) is -1.47. The van der Waals surface area contributed by atoms with Crippen LogP contribution < -0.4 is 0 Å². The van der Waals surface area contributed by atoms with Gasteiger partial charge in [0.1, 0.15) is 6.33 Å². The van der Waals surface area contributed by atoms with E-state index in [4.69, 9.17) is 5.11 Å². The zero-order valence-electron chi connectivity index (χ0n) is 9.27. The van der Waals surface area contributed by atoms with Crippen molar-refractivity contribution < 1.29 is 19.4 Å². The highest BCUT2D eigenvalue weighted by Gasteiger charge is 2.12. The highest BCUT2D eigenvalue weighted by Crippen LogP contribution is 2.05. The Labute approximate surface area is 101 Å². The number of ether oxygens (including phenoxy) is 1. The molecule has 0 spiro atoms. The first-order valence-electron chi connectivity index (χ1n) is 4.81. The Morgan fingerprint density at radius 3 is 2.67 bits per heavy atom. The normalized spacial score (nSPS) is 10.1. The van der Waals surface area contributed by atoms with Gasteiger partial charge in [-0.15, -0.1) is 5.10 Å². The summed E-state index contributed by atoms with van der Waals surface area (Å²) >= 11 is 0. The van der Waals surface area contributed by atoms with E-state index in [1.165, 1.54) is 36.4 Å². The molecule has 8 nitrogen and oxygen atoms in total. The molecule has 0 aliphatic heterocycles. The molecule has 0 aliphatic carbocycles. The summed E-state index contributed by atoms with van der Waals surface area (Å²) in [6, 6.07) is 2.84. The molecule has 0 aliphatic rings. The lowest BCUT2D eigenvalue weighted by Crippen LogP contribution is -2.06. The van der Waals surface area contributed by atoms with E-state index >= 15 is 0 Å². The van der Waals surface area contributed by atoms with E-state index in [-0.39, 0.29) is 11.4 Å². The molecule has 0 radical (unpaired) electrons. The number of pyridine rings is 1. The van der Waals surface area contributed by atoms with Crippen molar-refractivity contribution in [3.8, 4) is 5.82 Å². The molecule has 0 fully saturated rings. The fourth-order valence-corrected chi connectivity index (χ4v) is 1.21. The zero-order chi connectivity index (χ0) is 13.1. The molecule has 8 heteroatoms. The molecule has 0 bridgehead atoms. The van der Waals surface area contributed by atoms with Crippen LogP contribution in [0.5, 0.6) is 0 Å². The number of nitrogens with zero attached hydrogens (tertiary/aromatic N) is 4. The van der Waals surface area contributed by atoms with Crippen LogP contribution in [-0.2, 0) is 4.74 Å². The summed E-state index contributed by atoms with van der Waals surface area (Å²) in [7, 11) is 1.23. The molecule has 0 unspecified atom stereocenters. The van der Waals surface area contributed by atoms with Crippen molar-refractivity contribution in [3.63, 3.8) is 0 Å². The standard InChI is InChI=1S/C10H8N4O4/c1-18-10(17)8-12-5-14(13-8)7-3-2-6(4-11-7)9(15)16/h2-5H,1H3,(H,15,16). The van der Waals surface area contributed by atoms with Crippen LogP contribution in [0.3, 0.4) is 0 Å². The Kier molecular flexibility index (Phi) is 3.00. The van der Waals surface area contributed by atoms with Crippen molar-refractivity contribution in [2.24, 2.45) is 0 Å². The topological polar surface area (TPSA) is 107 Å². The van der Waals surface area contributed by atoms with Crippen molar-refractivity contribution in [2.75, 3.05) is 7.11 Å². The Balaban J connectivity index is 2.29. The number of methoxy groups -OCH3 is 1. The van der Waals surface area contributed by atoms with Crippen molar-refractivity contribution in [2.45, 2.75) is 0 Å². The van der Waals surface area contributed by atoms with Crippen LogP contribution in [0.25, 0.3) is 5.82 Å². The van der Waals surface area contributed by atoms with Crippen molar-refractivity contribution in [3.05, 3.63) is 36.0 Å². The summed E-state index contributed by atoms with van der Waals surface area (Å²) in [4.78, 5) is 29.4. The maximum Gasteiger partial charge on any atom is 0.377 e. The minimum atomic E-state index is -1.07. The summed E-state index contributed by atoms with van der Waals surface area (Å²) < 4.78 is 5.71. The highest BCUT2D eigenvalue weighted by molar-refractivity contribution is 5.87. The summed E-state index contributed by atoms with van der Waals surface area (Å²) in [6.07, 6.45) is 2.48. The first-order chi connectivity index (χ1) is 8.61. The van der Waals surface area contributed by atoms with E-state index < -0.39 is 11.9 Å². The van der Waals surface area contributed by atoms with Crippen molar-refractivity contribution in [1.29, 1.82) is 0 Å². The fraction of sp³-hybridized carbons (Fsp3) is 0.100. The van der Waals surface area contributed by atoms with Gasteiger partial charge in [-0.2, -0.15) is 0 Å². The maximum absolute atomic E-state index is 11.1. The van der Waals surface area contributed by atoms with Gasteiger partial charge in [-0.05, 0) is 12.1 Å². The van der Waals surface area contributed by atoms with Crippen LogP contribution in [0.1, 0.15) is 21.0 Å². The summed E-state index contributed by atoms with van der Waals surface area (Å²) in [6.45, 7) is 0. The van der Waals surface area contributed by atoms with Gasteiger partial charge < -0.3 is 9.84 Å². The SMILES string of the molecule is COC(=O)c1ncn(-c2ccc(C(=O)O)cn2)n1. The van der Waals surface area contributed by atoms with Gasteiger partial charge in [0, 0.05) is 6.20 Å². The lowest BCUT2D eigenvalue weighted by Gasteiger charge is -1.99. The number of hydrogen-bond donors (Lipinski definition) is 1. The first-order valence-corrected chi connectivity index (χ1v) is 4.81. The van der Waals surface area contributed by atoms with Crippen LogP contribution in [0, 0.1) is 0 Å². The number of hydrogen-bond acceptors (Lipinski definition) is 6. The maximum atomic E-state index is 11.1. The highest BCUT2D eigenvalue weighted by atomic mass is 16.5.